The molecule has 1 aliphatic heterocycles. The summed E-state index contributed by atoms with van der Waals surface area (Å²) in [6.07, 6.45) is 0. The quantitative estimate of drug-likeness (QED) is 0.784. The van der Waals surface area contributed by atoms with Gasteiger partial charge in [0.1, 0.15) is 0 Å². The van der Waals surface area contributed by atoms with Crippen molar-refractivity contribution in [3.8, 4) is 0 Å². The van der Waals surface area contributed by atoms with Crippen molar-refractivity contribution in [3.63, 3.8) is 0 Å². The first-order chi connectivity index (χ1) is 9.94. The van der Waals surface area contributed by atoms with E-state index in [2.05, 4.69) is 54.0 Å². The number of rotatable bonds is 2. The number of benzene rings is 2. The van der Waals surface area contributed by atoms with E-state index in [4.69, 9.17) is 0 Å². The van der Waals surface area contributed by atoms with Gasteiger partial charge in [-0.05, 0) is 49.6 Å². The Morgan fingerprint density at radius 3 is 2.38 bits per heavy atom. The van der Waals surface area contributed by atoms with Crippen molar-refractivity contribution in [1.82, 2.24) is 4.90 Å². The molecule has 2 aromatic carbocycles. The Balaban J connectivity index is 1.90. The average Bonchev–Trinajstić information content (AvgIpc) is 2.64. The number of aryl methyl sites for hydroxylation is 3. The van der Waals surface area contributed by atoms with Crippen LogP contribution in [0.3, 0.4) is 0 Å². The fraction of sp³-hybridized carbons (Fsp3) is 0.278. The molecule has 0 fully saturated rings. The van der Waals surface area contributed by atoms with E-state index in [-0.39, 0.29) is 5.91 Å². The lowest BCUT2D eigenvalue weighted by molar-refractivity contribution is 0.0766. The van der Waals surface area contributed by atoms with Crippen LogP contribution in [0.15, 0.2) is 34.8 Å². The molecule has 2 aromatic rings. The minimum atomic E-state index is 0.147. The van der Waals surface area contributed by atoms with E-state index in [0.29, 0.717) is 13.1 Å². The molecule has 0 aromatic heterocycles. The minimum Gasteiger partial charge on any atom is -0.330 e. The molecular formula is C18H18BrNO. The second-order valence-corrected chi connectivity index (χ2v) is 6.83. The smallest absolute Gasteiger partial charge is 0.255 e. The molecule has 108 valence electrons. The number of amides is 1. The highest BCUT2D eigenvalue weighted by atomic mass is 79.9. The topological polar surface area (TPSA) is 20.3 Å². The normalized spacial score (nSPS) is 13.7. The zero-order valence-corrected chi connectivity index (χ0v) is 14.1. The molecule has 0 saturated heterocycles. The van der Waals surface area contributed by atoms with Gasteiger partial charge in [-0.3, -0.25) is 4.79 Å². The van der Waals surface area contributed by atoms with Gasteiger partial charge in [0.15, 0.2) is 0 Å². The van der Waals surface area contributed by atoms with Crippen LogP contribution in [0.25, 0.3) is 0 Å². The maximum absolute atomic E-state index is 12.6. The molecule has 1 amide bonds. The third-order valence-corrected chi connectivity index (χ3v) is 4.36. The number of carbonyl (C=O) groups excluding carboxylic acids is 1. The van der Waals surface area contributed by atoms with Crippen LogP contribution < -0.4 is 0 Å². The van der Waals surface area contributed by atoms with Crippen LogP contribution in [0.5, 0.6) is 0 Å². The lowest BCUT2D eigenvalue weighted by Gasteiger charge is -2.16. The van der Waals surface area contributed by atoms with E-state index in [1.165, 1.54) is 16.7 Å². The van der Waals surface area contributed by atoms with Crippen LogP contribution in [0, 0.1) is 20.8 Å². The Labute approximate surface area is 133 Å². The van der Waals surface area contributed by atoms with Gasteiger partial charge >= 0.3 is 0 Å². The third-order valence-electron chi connectivity index (χ3n) is 3.90. The number of hydrogen-bond donors (Lipinski definition) is 0. The van der Waals surface area contributed by atoms with Crippen molar-refractivity contribution in [1.29, 1.82) is 0 Å². The summed E-state index contributed by atoms with van der Waals surface area (Å²) in [5.41, 5.74) is 6.73. The Kier molecular flexibility index (Phi) is 3.62. The maximum Gasteiger partial charge on any atom is 0.255 e. The summed E-state index contributed by atoms with van der Waals surface area (Å²) < 4.78 is 1.04. The van der Waals surface area contributed by atoms with Crippen molar-refractivity contribution >= 4 is 21.8 Å². The second-order valence-electron chi connectivity index (χ2n) is 5.91. The van der Waals surface area contributed by atoms with Gasteiger partial charge in [0.2, 0.25) is 0 Å². The molecule has 0 aliphatic carbocycles. The lowest BCUT2D eigenvalue weighted by atomic mass is 10.0. The van der Waals surface area contributed by atoms with Crippen molar-refractivity contribution in [2.45, 2.75) is 33.9 Å². The summed E-state index contributed by atoms with van der Waals surface area (Å²) in [5, 5.41) is 0. The molecule has 21 heavy (non-hydrogen) atoms. The molecule has 0 bridgehead atoms. The molecular weight excluding hydrogens is 326 g/mol. The van der Waals surface area contributed by atoms with Crippen molar-refractivity contribution in [2.24, 2.45) is 0 Å². The van der Waals surface area contributed by atoms with E-state index in [9.17, 15) is 4.79 Å². The fourth-order valence-electron chi connectivity index (χ4n) is 3.19. The van der Waals surface area contributed by atoms with Crippen molar-refractivity contribution in [2.75, 3.05) is 0 Å². The van der Waals surface area contributed by atoms with E-state index in [1.807, 2.05) is 17.9 Å². The average molecular weight is 344 g/mol. The number of nitrogens with zero attached hydrogens (tertiary/aromatic N) is 1. The summed E-state index contributed by atoms with van der Waals surface area (Å²) in [4.78, 5) is 14.5. The third kappa shape index (κ3) is 2.75. The molecule has 1 heterocycles. The Hall–Kier alpha value is -1.61. The number of carbonyl (C=O) groups is 1. The highest BCUT2D eigenvalue weighted by Crippen LogP contribution is 2.30. The van der Waals surface area contributed by atoms with Crippen molar-refractivity contribution < 1.29 is 4.79 Å². The zero-order chi connectivity index (χ0) is 15.1. The molecule has 3 heteroatoms. The van der Waals surface area contributed by atoms with Gasteiger partial charge in [-0.2, -0.15) is 0 Å². The first-order valence-electron chi connectivity index (χ1n) is 7.09. The number of fused-ring (bicyclic) bond motifs is 1. The standard InChI is InChI=1S/C18H18BrNO/c1-11-4-12(2)6-14(5-11)9-20-10-15-8-16(19)7-13(3)17(15)18(20)21/h4-8H,9-10H2,1-3H3. The Morgan fingerprint density at radius 2 is 1.71 bits per heavy atom. The molecule has 0 saturated carbocycles. The van der Waals surface area contributed by atoms with Crippen LogP contribution >= 0.6 is 15.9 Å². The minimum absolute atomic E-state index is 0.147. The lowest BCUT2D eigenvalue weighted by Crippen LogP contribution is -2.23. The van der Waals surface area contributed by atoms with Gasteiger partial charge in [0.25, 0.3) is 5.91 Å². The largest absolute Gasteiger partial charge is 0.330 e. The summed E-state index contributed by atoms with van der Waals surface area (Å²) in [5.74, 6) is 0.147. The molecule has 0 unspecified atom stereocenters. The van der Waals surface area contributed by atoms with E-state index in [0.717, 1.165) is 21.2 Å². The zero-order valence-electron chi connectivity index (χ0n) is 12.5. The van der Waals surface area contributed by atoms with E-state index < -0.39 is 0 Å². The summed E-state index contributed by atoms with van der Waals surface area (Å²) in [6.45, 7) is 7.56. The first-order valence-corrected chi connectivity index (χ1v) is 7.89. The molecule has 0 radical (unpaired) electrons. The Bertz CT molecular complexity index is 716. The van der Waals surface area contributed by atoms with Crippen LogP contribution in [0.1, 0.15) is 38.2 Å². The number of hydrogen-bond acceptors (Lipinski definition) is 1. The van der Waals surface area contributed by atoms with Gasteiger partial charge < -0.3 is 4.90 Å². The highest BCUT2D eigenvalue weighted by Gasteiger charge is 2.29. The SMILES string of the molecule is Cc1cc(C)cc(CN2Cc3cc(Br)cc(C)c3C2=O)c1. The van der Waals surface area contributed by atoms with E-state index in [1.54, 1.807) is 0 Å². The van der Waals surface area contributed by atoms with E-state index >= 15 is 0 Å². The van der Waals surface area contributed by atoms with Crippen LogP contribution in [0.2, 0.25) is 0 Å². The Morgan fingerprint density at radius 1 is 1.05 bits per heavy atom. The predicted molar refractivity (Wildman–Crippen MR) is 88.4 cm³/mol. The summed E-state index contributed by atoms with van der Waals surface area (Å²) in [7, 11) is 0. The van der Waals surface area contributed by atoms with Crippen LogP contribution in [-0.4, -0.2) is 10.8 Å². The predicted octanol–water partition coefficient (Wildman–Crippen LogP) is 4.53. The van der Waals surface area contributed by atoms with Gasteiger partial charge in [0.05, 0.1) is 0 Å². The van der Waals surface area contributed by atoms with Gasteiger partial charge in [-0.15, -0.1) is 0 Å². The monoisotopic (exact) mass is 343 g/mol. The van der Waals surface area contributed by atoms with Crippen LogP contribution in [0.4, 0.5) is 0 Å². The van der Waals surface area contributed by atoms with Gasteiger partial charge in [0, 0.05) is 23.1 Å². The molecule has 3 rings (SSSR count). The van der Waals surface area contributed by atoms with Crippen LogP contribution in [-0.2, 0) is 13.1 Å². The van der Waals surface area contributed by atoms with Gasteiger partial charge in [-0.25, -0.2) is 0 Å². The summed E-state index contributed by atoms with van der Waals surface area (Å²) >= 11 is 3.51. The second kappa shape index (κ2) is 5.30. The highest BCUT2D eigenvalue weighted by molar-refractivity contribution is 9.10. The molecule has 0 N–H and O–H groups in total. The van der Waals surface area contributed by atoms with Crippen molar-refractivity contribution in [3.05, 3.63) is 68.2 Å². The molecule has 1 aliphatic rings. The van der Waals surface area contributed by atoms with Gasteiger partial charge in [-0.1, -0.05) is 45.3 Å². The molecule has 2 nitrogen and oxygen atoms in total. The first kappa shape index (κ1) is 14.3. The maximum atomic E-state index is 12.6. The molecule has 0 atom stereocenters. The number of halogens is 1. The molecule has 0 spiro atoms. The fourth-order valence-corrected chi connectivity index (χ4v) is 3.81. The summed E-state index contributed by atoms with van der Waals surface area (Å²) in [6, 6.07) is 10.5.